The van der Waals surface area contributed by atoms with E-state index in [1.165, 1.54) is 0 Å². The van der Waals surface area contributed by atoms with E-state index in [9.17, 15) is 8.42 Å². The standard InChI is InChI=1S/C9H18N2O3S/c1-4-9(6-10)15(13,14)11-7(2)5-8(3)12/h7-9,11-12H,4-5H2,1-3H3. The second-order valence-corrected chi connectivity index (χ2v) is 5.57. The molecule has 0 fully saturated rings. The van der Waals surface area contributed by atoms with Gasteiger partial charge in [0.1, 0.15) is 0 Å². The van der Waals surface area contributed by atoms with Crippen LogP contribution in [-0.2, 0) is 10.0 Å². The van der Waals surface area contributed by atoms with Gasteiger partial charge in [-0.25, -0.2) is 13.1 Å². The fourth-order valence-corrected chi connectivity index (χ4v) is 2.70. The van der Waals surface area contributed by atoms with Gasteiger partial charge in [-0.2, -0.15) is 5.26 Å². The molecule has 0 spiro atoms. The Morgan fingerprint density at radius 2 is 2.00 bits per heavy atom. The predicted octanol–water partition coefficient (Wildman–Crippen LogP) is 0.367. The summed E-state index contributed by atoms with van der Waals surface area (Å²) in [7, 11) is -3.59. The smallest absolute Gasteiger partial charge is 0.228 e. The van der Waals surface area contributed by atoms with Crippen LogP contribution >= 0.6 is 0 Å². The number of aliphatic hydroxyl groups excluding tert-OH is 1. The van der Waals surface area contributed by atoms with Crippen molar-refractivity contribution in [3.8, 4) is 6.07 Å². The van der Waals surface area contributed by atoms with E-state index in [0.717, 1.165) is 0 Å². The van der Waals surface area contributed by atoms with Crippen molar-refractivity contribution in [2.24, 2.45) is 0 Å². The molecule has 3 atom stereocenters. The van der Waals surface area contributed by atoms with Gasteiger partial charge < -0.3 is 5.11 Å². The fraction of sp³-hybridized carbons (Fsp3) is 0.889. The summed E-state index contributed by atoms with van der Waals surface area (Å²) in [6.45, 7) is 4.90. The highest BCUT2D eigenvalue weighted by molar-refractivity contribution is 7.90. The van der Waals surface area contributed by atoms with Gasteiger partial charge in [-0.05, 0) is 26.7 Å². The van der Waals surface area contributed by atoms with Crippen molar-refractivity contribution in [3.05, 3.63) is 0 Å². The molecule has 15 heavy (non-hydrogen) atoms. The van der Waals surface area contributed by atoms with Crippen LogP contribution in [0.25, 0.3) is 0 Å². The summed E-state index contributed by atoms with van der Waals surface area (Å²) in [4.78, 5) is 0. The Morgan fingerprint density at radius 3 is 2.33 bits per heavy atom. The van der Waals surface area contributed by atoms with Gasteiger partial charge in [-0.1, -0.05) is 6.92 Å². The molecule has 0 heterocycles. The molecule has 5 nitrogen and oxygen atoms in total. The van der Waals surface area contributed by atoms with Gasteiger partial charge in [-0.3, -0.25) is 0 Å². The van der Waals surface area contributed by atoms with E-state index >= 15 is 0 Å². The lowest BCUT2D eigenvalue weighted by Gasteiger charge is -2.17. The molecule has 0 bridgehead atoms. The third-order valence-electron chi connectivity index (χ3n) is 1.95. The highest BCUT2D eigenvalue weighted by atomic mass is 32.2. The van der Waals surface area contributed by atoms with Crippen molar-refractivity contribution in [2.75, 3.05) is 0 Å². The largest absolute Gasteiger partial charge is 0.393 e. The topological polar surface area (TPSA) is 90.2 Å². The number of aliphatic hydroxyl groups is 1. The van der Waals surface area contributed by atoms with Crippen molar-refractivity contribution < 1.29 is 13.5 Å². The van der Waals surface area contributed by atoms with E-state index in [1.807, 2.05) is 0 Å². The van der Waals surface area contributed by atoms with E-state index in [2.05, 4.69) is 4.72 Å². The quantitative estimate of drug-likeness (QED) is 0.694. The summed E-state index contributed by atoms with van der Waals surface area (Å²) >= 11 is 0. The first-order chi connectivity index (χ1) is 6.83. The van der Waals surface area contributed by atoms with Crippen LogP contribution in [0, 0.1) is 11.3 Å². The summed E-state index contributed by atoms with van der Waals surface area (Å²) in [5.41, 5.74) is 0. The molecular formula is C9H18N2O3S. The Labute approximate surface area is 91.2 Å². The molecule has 6 heteroatoms. The van der Waals surface area contributed by atoms with Crippen LogP contribution in [0.15, 0.2) is 0 Å². The molecule has 0 saturated heterocycles. The zero-order valence-electron chi connectivity index (χ0n) is 9.27. The zero-order chi connectivity index (χ0) is 12.1. The summed E-state index contributed by atoms with van der Waals surface area (Å²) < 4.78 is 25.5. The fourth-order valence-electron chi connectivity index (χ4n) is 1.30. The van der Waals surface area contributed by atoms with Crippen LogP contribution in [0.2, 0.25) is 0 Å². The van der Waals surface area contributed by atoms with E-state index in [-0.39, 0.29) is 12.5 Å². The maximum absolute atomic E-state index is 11.6. The average Bonchev–Trinajstić information content (AvgIpc) is 2.02. The first-order valence-corrected chi connectivity index (χ1v) is 6.47. The molecule has 0 aromatic rings. The summed E-state index contributed by atoms with van der Waals surface area (Å²) in [5.74, 6) is 0. The monoisotopic (exact) mass is 234 g/mol. The summed E-state index contributed by atoms with van der Waals surface area (Å²) in [5, 5.41) is 16.7. The second kappa shape index (κ2) is 6.05. The Morgan fingerprint density at radius 1 is 1.47 bits per heavy atom. The number of nitrogens with zero attached hydrogens (tertiary/aromatic N) is 1. The van der Waals surface area contributed by atoms with Crippen molar-refractivity contribution in [2.45, 2.75) is 51.0 Å². The molecule has 0 aliphatic rings. The van der Waals surface area contributed by atoms with Crippen LogP contribution in [0.5, 0.6) is 0 Å². The minimum Gasteiger partial charge on any atom is -0.393 e. The highest BCUT2D eigenvalue weighted by Crippen LogP contribution is 2.06. The van der Waals surface area contributed by atoms with Gasteiger partial charge in [-0.15, -0.1) is 0 Å². The van der Waals surface area contributed by atoms with Crippen molar-refractivity contribution in [1.82, 2.24) is 4.72 Å². The molecule has 0 amide bonds. The Hall–Kier alpha value is -0.640. The van der Waals surface area contributed by atoms with Crippen molar-refractivity contribution >= 4 is 10.0 Å². The number of hydrogen-bond acceptors (Lipinski definition) is 4. The first kappa shape index (κ1) is 14.4. The lowest BCUT2D eigenvalue weighted by atomic mass is 10.2. The summed E-state index contributed by atoms with van der Waals surface area (Å²) in [6.07, 6.45) is 0.0266. The van der Waals surface area contributed by atoms with Crippen LogP contribution in [0.3, 0.4) is 0 Å². The number of nitriles is 1. The van der Waals surface area contributed by atoms with Gasteiger partial charge in [0, 0.05) is 6.04 Å². The van der Waals surface area contributed by atoms with Crippen molar-refractivity contribution in [1.29, 1.82) is 5.26 Å². The SMILES string of the molecule is CCC(C#N)S(=O)(=O)NC(C)CC(C)O. The van der Waals surface area contributed by atoms with Crippen LogP contribution < -0.4 is 4.72 Å². The molecule has 0 saturated carbocycles. The molecule has 0 rings (SSSR count). The number of nitrogens with one attached hydrogen (secondary N) is 1. The van der Waals surface area contributed by atoms with E-state index in [1.54, 1.807) is 26.8 Å². The minimum absolute atomic E-state index is 0.257. The predicted molar refractivity (Wildman–Crippen MR) is 57.5 cm³/mol. The lowest BCUT2D eigenvalue weighted by molar-refractivity contribution is 0.175. The van der Waals surface area contributed by atoms with Gasteiger partial charge in [0.15, 0.2) is 5.25 Å². The highest BCUT2D eigenvalue weighted by Gasteiger charge is 2.25. The normalized spacial score (nSPS) is 17.8. The molecule has 0 aliphatic heterocycles. The van der Waals surface area contributed by atoms with Crippen molar-refractivity contribution in [3.63, 3.8) is 0 Å². The average molecular weight is 234 g/mol. The van der Waals surface area contributed by atoms with Crippen LogP contribution in [-0.4, -0.2) is 30.9 Å². The molecule has 0 radical (unpaired) electrons. The zero-order valence-corrected chi connectivity index (χ0v) is 10.1. The third-order valence-corrected chi connectivity index (χ3v) is 3.87. The number of sulfonamides is 1. The van der Waals surface area contributed by atoms with Gasteiger partial charge >= 0.3 is 0 Å². The molecule has 0 aromatic heterocycles. The molecule has 3 unspecified atom stereocenters. The molecule has 2 N–H and O–H groups in total. The second-order valence-electron chi connectivity index (χ2n) is 3.67. The van der Waals surface area contributed by atoms with Crippen LogP contribution in [0.1, 0.15) is 33.6 Å². The lowest BCUT2D eigenvalue weighted by Crippen LogP contribution is -2.40. The van der Waals surface area contributed by atoms with Gasteiger partial charge in [0.2, 0.25) is 10.0 Å². The molecular weight excluding hydrogens is 216 g/mol. The molecule has 0 aromatic carbocycles. The number of rotatable bonds is 6. The Bertz CT molecular complexity index is 319. The molecule has 88 valence electrons. The Balaban J connectivity index is 4.45. The van der Waals surface area contributed by atoms with Gasteiger partial charge in [0.05, 0.1) is 12.2 Å². The van der Waals surface area contributed by atoms with E-state index in [4.69, 9.17) is 10.4 Å². The summed E-state index contributed by atoms with van der Waals surface area (Å²) in [6, 6.07) is 1.37. The Kier molecular flexibility index (Phi) is 5.80. The molecule has 0 aliphatic carbocycles. The maximum Gasteiger partial charge on any atom is 0.228 e. The third kappa shape index (κ3) is 5.11. The van der Waals surface area contributed by atoms with E-state index < -0.39 is 21.4 Å². The maximum atomic E-state index is 11.6. The number of hydrogen-bond donors (Lipinski definition) is 2. The van der Waals surface area contributed by atoms with Crippen LogP contribution in [0.4, 0.5) is 0 Å². The van der Waals surface area contributed by atoms with Gasteiger partial charge in [0.25, 0.3) is 0 Å². The first-order valence-electron chi connectivity index (χ1n) is 4.92. The van der Waals surface area contributed by atoms with E-state index in [0.29, 0.717) is 6.42 Å². The minimum atomic E-state index is -3.59.